The van der Waals surface area contributed by atoms with Gasteiger partial charge in [-0.2, -0.15) is 0 Å². The summed E-state index contributed by atoms with van der Waals surface area (Å²) in [4.78, 5) is 14.5. The van der Waals surface area contributed by atoms with Crippen molar-refractivity contribution >= 4 is 29.1 Å². The van der Waals surface area contributed by atoms with Gasteiger partial charge in [-0.1, -0.05) is 23.2 Å². The average molecular weight is 353 g/mol. The van der Waals surface area contributed by atoms with Crippen molar-refractivity contribution in [3.8, 4) is 0 Å². The van der Waals surface area contributed by atoms with Crippen LogP contribution in [0.1, 0.15) is 40.5 Å². The van der Waals surface area contributed by atoms with Crippen molar-refractivity contribution in [2.45, 2.75) is 25.7 Å². The highest BCUT2D eigenvalue weighted by atomic mass is 35.5. The lowest BCUT2D eigenvalue weighted by Crippen LogP contribution is -2.38. The zero-order valence-corrected chi connectivity index (χ0v) is 14.6. The maximum atomic E-state index is 12.7. The molecule has 1 fully saturated rings. The fourth-order valence-corrected chi connectivity index (χ4v) is 3.44. The van der Waals surface area contributed by atoms with E-state index in [0.29, 0.717) is 34.6 Å². The van der Waals surface area contributed by atoms with Gasteiger partial charge in [-0.05, 0) is 37.5 Å². The van der Waals surface area contributed by atoms with Gasteiger partial charge in [0.15, 0.2) is 0 Å². The number of rotatable bonds is 2. The molecule has 5 nitrogen and oxygen atoms in total. The monoisotopic (exact) mass is 352 g/mol. The second kappa shape index (κ2) is 6.49. The third kappa shape index (κ3) is 3.21. The molecule has 2 heterocycles. The lowest BCUT2D eigenvalue weighted by Gasteiger charge is -2.31. The van der Waals surface area contributed by atoms with Crippen molar-refractivity contribution in [2.24, 2.45) is 7.05 Å². The number of halogens is 2. The van der Waals surface area contributed by atoms with Crippen molar-refractivity contribution < 1.29 is 4.79 Å². The summed E-state index contributed by atoms with van der Waals surface area (Å²) in [5.41, 5.74) is 1.34. The molecule has 1 aliphatic rings. The second-order valence-electron chi connectivity index (χ2n) is 5.93. The van der Waals surface area contributed by atoms with Crippen molar-refractivity contribution in [2.75, 3.05) is 13.1 Å². The van der Waals surface area contributed by atoms with E-state index in [1.54, 1.807) is 18.5 Å². The molecule has 0 atom stereocenters. The second-order valence-corrected chi connectivity index (χ2v) is 6.75. The van der Waals surface area contributed by atoms with Crippen LogP contribution in [0.15, 0.2) is 18.5 Å². The Morgan fingerprint density at radius 2 is 1.83 bits per heavy atom. The van der Waals surface area contributed by atoms with Crippen molar-refractivity contribution in [1.82, 2.24) is 19.7 Å². The van der Waals surface area contributed by atoms with Crippen LogP contribution in [0.3, 0.4) is 0 Å². The molecule has 0 saturated carbocycles. The van der Waals surface area contributed by atoms with Crippen LogP contribution in [0.5, 0.6) is 0 Å². The van der Waals surface area contributed by atoms with E-state index < -0.39 is 0 Å². The van der Waals surface area contributed by atoms with Crippen LogP contribution in [0.2, 0.25) is 10.0 Å². The standard InChI is InChI=1S/C16H18Cl2N4O/c1-10-13(17)7-12(8-14(10)18)16(23)22-5-3-11(4-6-22)15-20-19-9-21(15)2/h7-9,11H,3-6H2,1-2H3. The number of likely N-dealkylation sites (tertiary alicyclic amines) is 1. The third-order valence-corrected chi connectivity index (χ3v) is 5.21. The predicted molar refractivity (Wildman–Crippen MR) is 90.1 cm³/mol. The van der Waals surface area contributed by atoms with Crippen molar-refractivity contribution in [3.63, 3.8) is 0 Å². The minimum absolute atomic E-state index is 0.0229. The molecule has 1 aromatic heterocycles. The van der Waals surface area contributed by atoms with Gasteiger partial charge in [-0.3, -0.25) is 4.79 Å². The number of amides is 1. The number of aromatic nitrogens is 3. The van der Waals surface area contributed by atoms with Crippen LogP contribution in [0.25, 0.3) is 0 Å². The van der Waals surface area contributed by atoms with Crippen LogP contribution < -0.4 is 0 Å². The number of carbonyl (C=O) groups excluding carboxylic acids is 1. The fraction of sp³-hybridized carbons (Fsp3) is 0.438. The number of piperidine rings is 1. The minimum atomic E-state index is -0.0229. The van der Waals surface area contributed by atoms with Crippen molar-refractivity contribution in [1.29, 1.82) is 0 Å². The number of hydrogen-bond donors (Lipinski definition) is 0. The molecule has 0 aliphatic carbocycles. The number of carbonyl (C=O) groups is 1. The zero-order chi connectivity index (χ0) is 16.6. The fourth-order valence-electron chi connectivity index (χ4n) is 2.95. The first-order valence-electron chi connectivity index (χ1n) is 7.56. The first-order valence-corrected chi connectivity index (χ1v) is 8.31. The number of hydrogen-bond acceptors (Lipinski definition) is 3. The van der Waals surface area contributed by atoms with Gasteiger partial charge in [-0.15, -0.1) is 10.2 Å². The maximum absolute atomic E-state index is 12.7. The summed E-state index contributed by atoms with van der Waals surface area (Å²) in [5.74, 6) is 1.31. The molecule has 7 heteroatoms. The van der Waals surface area contributed by atoms with Crippen LogP contribution >= 0.6 is 23.2 Å². The van der Waals surface area contributed by atoms with Gasteiger partial charge in [0.1, 0.15) is 12.2 Å². The first kappa shape index (κ1) is 16.3. The largest absolute Gasteiger partial charge is 0.339 e. The zero-order valence-electron chi connectivity index (χ0n) is 13.1. The summed E-state index contributed by atoms with van der Waals surface area (Å²) < 4.78 is 1.95. The van der Waals surface area contributed by atoms with Crippen LogP contribution in [-0.4, -0.2) is 38.7 Å². The molecule has 3 rings (SSSR count). The Morgan fingerprint density at radius 1 is 1.22 bits per heavy atom. The predicted octanol–water partition coefficient (Wildman–Crippen LogP) is 3.45. The van der Waals surface area contributed by atoms with Gasteiger partial charge in [0.2, 0.25) is 0 Å². The van der Waals surface area contributed by atoms with E-state index in [1.165, 1.54) is 0 Å². The lowest BCUT2D eigenvalue weighted by atomic mass is 9.95. The van der Waals surface area contributed by atoms with Gasteiger partial charge in [0.05, 0.1) is 0 Å². The Hall–Kier alpha value is -1.59. The summed E-state index contributed by atoms with van der Waals surface area (Å²) in [6.45, 7) is 3.23. The molecule has 2 aromatic rings. The molecule has 1 aliphatic heterocycles. The number of nitrogens with zero attached hydrogens (tertiary/aromatic N) is 4. The quantitative estimate of drug-likeness (QED) is 0.831. The molecule has 0 spiro atoms. The Morgan fingerprint density at radius 3 is 2.35 bits per heavy atom. The summed E-state index contributed by atoms with van der Waals surface area (Å²) in [7, 11) is 1.95. The molecule has 1 amide bonds. The van der Waals surface area contributed by atoms with E-state index in [9.17, 15) is 4.79 Å². The third-order valence-electron chi connectivity index (χ3n) is 4.42. The number of benzene rings is 1. The van der Waals surface area contributed by atoms with Gasteiger partial charge < -0.3 is 9.47 Å². The molecule has 0 unspecified atom stereocenters. The average Bonchev–Trinajstić information content (AvgIpc) is 2.97. The summed E-state index contributed by atoms with van der Waals surface area (Å²) in [5, 5.41) is 9.15. The lowest BCUT2D eigenvalue weighted by molar-refractivity contribution is 0.0710. The van der Waals surface area contributed by atoms with Gasteiger partial charge in [0.25, 0.3) is 5.91 Å². The van der Waals surface area contributed by atoms with E-state index in [2.05, 4.69) is 10.2 Å². The van der Waals surface area contributed by atoms with Gasteiger partial charge >= 0.3 is 0 Å². The normalized spacial score (nSPS) is 15.9. The van der Waals surface area contributed by atoms with Gasteiger partial charge in [0, 0.05) is 41.7 Å². The van der Waals surface area contributed by atoms with Crippen LogP contribution in [-0.2, 0) is 7.05 Å². The topological polar surface area (TPSA) is 51.0 Å². The summed E-state index contributed by atoms with van der Waals surface area (Å²) in [6, 6.07) is 3.39. The molecular formula is C16H18Cl2N4O. The maximum Gasteiger partial charge on any atom is 0.253 e. The van der Waals surface area contributed by atoms with Gasteiger partial charge in [-0.25, -0.2) is 0 Å². The molecule has 23 heavy (non-hydrogen) atoms. The highest BCUT2D eigenvalue weighted by molar-refractivity contribution is 6.36. The molecular weight excluding hydrogens is 335 g/mol. The van der Waals surface area contributed by atoms with E-state index in [0.717, 1.165) is 24.2 Å². The first-order chi connectivity index (χ1) is 11.0. The van der Waals surface area contributed by atoms with E-state index in [-0.39, 0.29) is 5.91 Å². The molecule has 0 radical (unpaired) electrons. The Balaban J connectivity index is 1.70. The minimum Gasteiger partial charge on any atom is -0.339 e. The molecule has 1 aromatic carbocycles. The molecule has 0 N–H and O–H groups in total. The smallest absolute Gasteiger partial charge is 0.253 e. The summed E-state index contributed by atoms with van der Waals surface area (Å²) in [6.07, 6.45) is 3.47. The van der Waals surface area contributed by atoms with E-state index in [4.69, 9.17) is 23.2 Å². The molecule has 122 valence electrons. The van der Waals surface area contributed by atoms with E-state index >= 15 is 0 Å². The SMILES string of the molecule is Cc1c(Cl)cc(C(=O)N2CCC(c3nncn3C)CC2)cc1Cl. The Kier molecular flexibility index (Phi) is 4.60. The van der Waals surface area contributed by atoms with Crippen molar-refractivity contribution in [3.05, 3.63) is 45.5 Å². The Labute approximate surface area is 145 Å². The summed E-state index contributed by atoms with van der Waals surface area (Å²) >= 11 is 12.3. The Bertz CT molecular complexity index is 712. The van der Waals surface area contributed by atoms with Crippen LogP contribution in [0.4, 0.5) is 0 Å². The molecule has 1 saturated heterocycles. The highest BCUT2D eigenvalue weighted by Crippen LogP contribution is 2.29. The van der Waals surface area contributed by atoms with E-state index in [1.807, 2.05) is 23.4 Å². The highest BCUT2D eigenvalue weighted by Gasteiger charge is 2.27. The molecule has 0 bridgehead atoms. The van der Waals surface area contributed by atoms with Crippen LogP contribution in [0, 0.1) is 6.92 Å². The number of aryl methyl sites for hydroxylation is 1.